The van der Waals surface area contributed by atoms with Gasteiger partial charge in [-0.25, -0.2) is 4.98 Å². The number of hydrogen-bond acceptors (Lipinski definition) is 4. The lowest BCUT2D eigenvalue weighted by Crippen LogP contribution is -2.25. The van der Waals surface area contributed by atoms with Crippen LogP contribution < -0.4 is 0 Å². The molecule has 0 aliphatic carbocycles. The molecule has 0 amide bonds. The van der Waals surface area contributed by atoms with Gasteiger partial charge in [-0.15, -0.1) is 11.3 Å². The fraction of sp³-hybridized carbons (Fsp3) is 0.727. The number of thiazole rings is 1. The van der Waals surface area contributed by atoms with Gasteiger partial charge < -0.3 is 4.74 Å². The third-order valence-electron chi connectivity index (χ3n) is 2.97. The van der Waals surface area contributed by atoms with Crippen LogP contribution in [-0.4, -0.2) is 36.2 Å². The summed E-state index contributed by atoms with van der Waals surface area (Å²) in [4.78, 5) is 6.81. The SMILES string of the molecule is COC1CCCN(Cc2cscn2)CC1. The van der Waals surface area contributed by atoms with E-state index in [0.29, 0.717) is 6.10 Å². The molecule has 1 atom stereocenters. The molecule has 84 valence electrons. The molecule has 0 saturated carbocycles. The number of ether oxygens (including phenoxy) is 1. The minimum atomic E-state index is 0.463. The molecule has 1 aliphatic rings. The summed E-state index contributed by atoms with van der Waals surface area (Å²) in [7, 11) is 1.82. The summed E-state index contributed by atoms with van der Waals surface area (Å²) in [6, 6.07) is 0. The van der Waals surface area contributed by atoms with Crippen LogP contribution in [0.25, 0.3) is 0 Å². The van der Waals surface area contributed by atoms with Gasteiger partial charge in [0.2, 0.25) is 0 Å². The van der Waals surface area contributed by atoms with Crippen LogP contribution in [-0.2, 0) is 11.3 Å². The molecule has 0 bridgehead atoms. The maximum atomic E-state index is 5.41. The van der Waals surface area contributed by atoms with Gasteiger partial charge in [0.15, 0.2) is 0 Å². The highest BCUT2D eigenvalue weighted by molar-refractivity contribution is 7.07. The Bertz CT molecular complexity index is 276. The Hall–Kier alpha value is -0.450. The normalized spacial score (nSPS) is 23.9. The fourth-order valence-electron chi connectivity index (χ4n) is 2.06. The summed E-state index contributed by atoms with van der Waals surface area (Å²) in [5.74, 6) is 0. The summed E-state index contributed by atoms with van der Waals surface area (Å²) in [6.07, 6.45) is 4.05. The van der Waals surface area contributed by atoms with Crippen LogP contribution >= 0.6 is 11.3 Å². The van der Waals surface area contributed by atoms with E-state index in [9.17, 15) is 0 Å². The summed E-state index contributed by atoms with van der Waals surface area (Å²) in [5.41, 5.74) is 3.11. The van der Waals surface area contributed by atoms with Crippen molar-refractivity contribution >= 4 is 11.3 Å². The molecule has 4 heteroatoms. The van der Waals surface area contributed by atoms with E-state index in [0.717, 1.165) is 19.5 Å². The van der Waals surface area contributed by atoms with Gasteiger partial charge in [0, 0.05) is 25.6 Å². The Labute approximate surface area is 95.1 Å². The standard InChI is InChI=1S/C11H18N2OS/c1-14-11-3-2-5-13(6-4-11)7-10-8-15-9-12-10/h8-9,11H,2-7H2,1H3. The van der Waals surface area contributed by atoms with E-state index in [1.807, 2.05) is 12.6 Å². The van der Waals surface area contributed by atoms with Crippen molar-refractivity contribution in [2.75, 3.05) is 20.2 Å². The summed E-state index contributed by atoms with van der Waals surface area (Å²) < 4.78 is 5.41. The highest BCUT2D eigenvalue weighted by Gasteiger charge is 2.16. The topological polar surface area (TPSA) is 25.4 Å². The Balaban J connectivity index is 1.83. The minimum Gasteiger partial charge on any atom is -0.381 e. The maximum Gasteiger partial charge on any atom is 0.0795 e. The molecular weight excluding hydrogens is 208 g/mol. The largest absolute Gasteiger partial charge is 0.381 e. The van der Waals surface area contributed by atoms with E-state index >= 15 is 0 Å². The molecule has 0 aromatic carbocycles. The zero-order valence-corrected chi connectivity index (χ0v) is 10.0. The van der Waals surface area contributed by atoms with Crippen LogP contribution in [0, 0.1) is 0 Å². The van der Waals surface area contributed by atoms with Gasteiger partial charge in [0.1, 0.15) is 0 Å². The van der Waals surface area contributed by atoms with Crippen molar-refractivity contribution in [2.24, 2.45) is 0 Å². The maximum absolute atomic E-state index is 5.41. The molecule has 0 radical (unpaired) electrons. The molecule has 0 spiro atoms. The Morgan fingerprint density at radius 1 is 1.53 bits per heavy atom. The van der Waals surface area contributed by atoms with Gasteiger partial charge in [-0.2, -0.15) is 0 Å². The predicted molar refractivity (Wildman–Crippen MR) is 62.0 cm³/mol. The Kier molecular flexibility index (Phi) is 4.11. The molecule has 1 unspecified atom stereocenters. The van der Waals surface area contributed by atoms with Crippen molar-refractivity contribution in [3.63, 3.8) is 0 Å². The van der Waals surface area contributed by atoms with Crippen molar-refractivity contribution < 1.29 is 4.74 Å². The lowest BCUT2D eigenvalue weighted by Gasteiger charge is -2.18. The van der Waals surface area contributed by atoms with Gasteiger partial charge in [0.25, 0.3) is 0 Å². The predicted octanol–water partition coefficient (Wildman–Crippen LogP) is 2.14. The second-order valence-electron chi connectivity index (χ2n) is 4.04. The highest BCUT2D eigenvalue weighted by atomic mass is 32.1. The highest BCUT2D eigenvalue weighted by Crippen LogP contribution is 2.15. The summed E-state index contributed by atoms with van der Waals surface area (Å²) in [6.45, 7) is 3.31. The zero-order valence-electron chi connectivity index (χ0n) is 9.19. The number of hydrogen-bond donors (Lipinski definition) is 0. The second kappa shape index (κ2) is 5.58. The zero-order chi connectivity index (χ0) is 10.5. The monoisotopic (exact) mass is 226 g/mol. The van der Waals surface area contributed by atoms with E-state index in [1.165, 1.54) is 25.1 Å². The second-order valence-corrected chi connectivity index (χ2v) is 4.76. The first kappa shape index (κ1) is 11.0. The van der Waals surface area contributed by atoms with Crippen molar-refractivity contribution in [3.05, 3.63) is 16.6 Å². The molecular formula is C11H18N2OS. The van der Waals surface area contributed by atoms with E-state index in [4.69, 9.17) is 4.74 Å². The van der Waals surface area contributed by atoms with Crippen LogP contribution in [0.15, 0.2) is 10.9 Å². The number of likely N-dealkylation sites (tertiary alicyclic amines) is 1. The van der Waals surface area contributed by atoms with Gasteiger partial charge in [-0.1, -0.05) is 0 Å². The smallest absolute Gasteiger partial charge is 0.0795 e. The number of aromatic nitrogens is 1. The average Bonchev–Trinajstić information content (AvgIpc) is 2.64. The van der Waals surface area contributed by atoms with Crippen LogP contribution in [0.4, 0.5) is 0 Å². The third kappa shape index (κ3) is 3.26. The van der Waals surface area contributed by atoms with E-state index in [-0.39, 0.29) is 0 Å². The van der Waals surface area contributed by atoms with Crippen LogP contribution in [0.1, 0.15) is 25.0 Å². The summed E-state index contributed by atoms with van der Waals surface area (Å²) in [5, 5.41) is 2.14. The first-order chi connectivity index (χ1) is 7.38. The van der Waals surface area contributed by atoms with E-state index in [1.54, 1.807) is 11.3 Å². The lowest BCUT2D eigenvalue weighted by molar-refractivity contribution is 0.0894. The molecule has 1 aromatic rings. The quantitative estimate of drug-likeness (QED) is 0.789. The van der Waals surface area contributed by atoms with E-state index < -0.39 is 0 Å². The minimum absolute atomic E-state index is 0.463. The molecule has 1 fully saturated rings. The van der Waals surface area contributed by atoms with Crippen molar-refractivity contribution in [2.45, 2.75) is 31.9 Å². The molecule has 2 heterocycles. The Morgan fingerprint density at radius 3 is 3.20 bits per heavy atom. The molecule has 0 N–H and O–H groups in total. The van der Waals surface area contributed by atoms with Gasteiger partial charge >= 0.3 is 0 Å². The lowest BCUT2D eigenvalue weighted by atomic mass is 10.2. The molecule has 3 nitrogen and oxygen atoms in total. The first-order valence-corrected chi connectivity index (χ1v) is 6.45. The number of rotatable bonds is 3. The molecule has 1 saturated heterocycles. The first-order valence-electron chi connectivity index (χ1n) is 5.50. The van der Waals surface area contributed by atoms with Crippen LogP contribution in [0.3, 0.4) is 0 Å². The van der Waals surface area contributed by atoms with Gasteiger partial charge in [-0.05, 0) is 25.8 Å². The van der Waals surface area contributed by atoms with Crippen molar-refractivity contribution in [3.8, 4) is 0 Å². The van der Waals surface area contributed by atoms with Gasteiger partial charge in [-0.3, -0.25) is 4.90 Å². The van der Waals surface area contributed by atoms with Crippen LogP contribution in [0.2, 0.25) is 0 Å². The fourth-order valence-corrected chi connectivity index (χ4v) is 2.61. The molecule has 1 aliphatic heterocycles. The third-order valence-corrected chi connectivity index (χ3v) is 3.61. The van der Waals surface area contributed by atoms with Gasteiger partial charge in [0.05, 0.1) is 17.3 Å². The molecule has 15 heavy (non-hydrogen) atoms. The van der Waals surface area contributed by atoms with Crippen molar-refractivity contribution in [1.82, 2.24) is 9.88 Å². The van der Waals surface area contributed by atoms with Crippen molar-refractivity contribution in [1.29, 1.82) is 0 Å². The molecule has 1 aromatic heterocycles. The van der Waals surface area contributed by atoms with Crippen LogP contribution in [0.5, 0.6) is 0 Å². The van der Waals surface area contributed by atoms with E-state index in [2.05, 4.69) is 15.3 Å². The summed E-state index contributed by atoms with van der Waals surface area (Å²) >= 11 is 1.68. The Morgan fingerprint density at radius 2 is 2.47 bits per heavy atom. The number of methoxy groups -OCH3 is 1. The average molecular weight is 226 g/mol. The molecule has 2 rings (SSSR count). The number of nitrogens with zero attached hydrogens (tertiary/aromatic N) is 2.